The summed E-state index contributed by atoms with van der Waals surface area (Å²) in [5, 5.41) is 6.96. The van der Waals surface area contributed by atoms with Gasteiger partial charge >= 0.3 is 0 Å². The van der Waals surface area contributed by atoms with Gasteiger partial charge in [-0.15, -0.1) is 0 Å². The van der Waals surface area contributed by atoms with E-state index in [1.165, 1.54) is 16.7 Å². The number of carbonyl (C=O) groups is 1. The van der Waals surface area contributed by atoms with E-state index in [2.05, 4.69) is 34.7 Å². The van der Waals surface area contributed by atoms with Crippen molar-refractivity contribution in [1.82, 2.24) is 9.78 Å². The maximum atomic E-state index is 12.5. The summed E-state index contributed by atoms with van der Waals surface area (Å²) in [7, 11) is 1.80. The third kappa shape index (κ3) is 2.52. The number of allylic oxidation sites excluding steroid dienone is 1. The Hall–Kier alpha value is -3.14. The number of nitrogens with one attached hydrogen (secondary N) is 1. The molecule has 118 valence electrons. The highest BCUT2D eigenvalue weighted by Gasteiger charge is 2.14. The van der Waals surface area contributed by atoms with E-state index in [-0.39, 0.29) is 5.91 Å². The van der Waals surface area contributed by atoms with Crippen LogP contribution in [0, 0.1) is 0 Å². The minimum Gasteiger partial charge on any atom is -0.307 e. The van der Waals surface area contributed by atoms with Gasteiger partial charge in [-0.05, 0) is 40.8 Å². The van der Waals surface area contributed by atoms with Crippen LogP contribution in [0.5, 0.6) is 0 Å². The highest BCUT2D eigenvalue weighted by atomic mass is 16.1. The predicted octanol–water partition coefficient (Wildman–Crippen LogP) is 3.91. The number of anilines is 1. The van der Waals surface area contributed by atoms with Crippen molar-refractivity contribution in [2.24, 2.45) is 7.05 Å². The van der Waals surface area contributed by atoms with Crippen molar-refractivity contribution < 1.29 is 4.79 Å². The van der Waals surface area contributed by atoms with Gasteiger partial charge in [0.1, 0.15) is 5.82 Å². The molecule has 0 saturated carbocycles. The molecular weight excluding hydrogens is 298 g/mol. The van der Waals surface area contributed by atoms with Crippen LogP contribution in [0.3, 0.4) is 0 Å². The minimum atomic E-state index is -0.122. The lowest BCUT2D eigenvalue weighted by molar-refractivity contribution is 0.102. The van der Waals surface area contributed by atoms with Crippen LogP contribution >= 0.6 is 0 Å². The number of benzene rings is 2. The van der Waals surface area contributed by atoms with Crippen molar-refractivity contribution >= 4 is 17.8 Å². The summed E-state index contributed by atoms with van der Waals surface area (Å²) in [5.74, 6) is 0.558. The van der Waals surface area contributed by atoms with Crippen LogP contribution in [0.2, 0.25) is 0 Å². The molecule has 3 aromatic rings. The lowest BCUT2D eigenvalue weighted by atomic mass is 9.95. The van der Waals surface area contributed by atoms with Gasteiger partial charge in [-0.2, -0.15) is 5.10 Å². The Morgan fingerprint density at radius 3 is 2.83 bits per heavy atom. The zero-order valence-electron chi connectivity index (χ0n) is 13.4. The van der Waals surface area contributed by atoms with Crippen molar-refractivity contribution in [3.05, 3.63) is 77.5 Å². The second-order valence-electron chi connectivity index (χ2n) is 5.86. The topological polar surface area (TPSA) is 46.9 Å². The quantitative estimate of drug-likeness (QED) is 0.779. The SMILES string of the molecule is Cn1nccc1NC(=O)c1ccc2c(c1)CC=Cc1ccccc1-2. The molecule has 0 bridgehead atoms. The zero-order valence-corrected chi connectivity index (χ0v) is 13.4. The fourth-order valence-corrected chi connectivity index (χ4v) is 3.05. The van der Waals surface area contributed by atoms with E-state index in [1.54, 1.807) is 24.0 Å². The first-order chi connectivity index (χ1) is 11.7. The Morgan fingerprint density at radius 1 is 1.12 bits per heavy atom. The molecule has 0 fully saturated rings. The highest BCUT2D eigenvalue weighted by molar-refractivity contribution is 6.04. The van der Waals surface area contributed by atoms with Gasteiger partial charge in [0.15, 0.2) is 0 Å². The van der Waals surface area contributed by atoms with Gasteiger partial charge in [-0.3, -0.25) is 9.48 Å². The number of hydrogen-bond acceptors (Lipinski definition) is 2. The number of hydrogen-bond donors (Lipinski definition) is 1. The van der Waals surface area contributed by atoms with Gasteiger partial charge in [0, 0.05) is 18.7 Å². The van der Waals surface area contributed by atoms with E-state index < -0.39 is 0 Å². The van der Waals surface area contributed by atoms with E-state index in [0.717, 1.165) is 12.0 Å². The molecule has 0 saturated heterocycles. The summed E-state index contributed by atoms with van der Waals surface area (Å²) >= 11 is 0. The second-order valence-corrected chi connectivity index (χ2v) is 5.86. The molecule has 0 spiro atoms. The lowest BCUT2D eigenvalue weighted by Gasteiger charge is -2.11. The standard InChI is InChI=1S/C20H17N3O/c1-23-19(11-12-21-23)22-20(24)16-9-10-18-15(13-16)7-4-6-14-5-2-3-8-17(14)18/h2-6,8-13H,7H2,1H3,(H,22,24). The largest absolute Gasteiger partial charge is 0.307 e. The van der Waals surface area contributed by atoms with Gasteiger partial charge < -0.3 is 5.32 Å². The maximum absolute atomic E-state index is 12.5. The third-order valence-corrected chi connectivity index (χ3v) is 4.32. The lowest BCUT2D eigenvalue weighted by Crippen LogP contribution is -2.15. The van der Waals surface area contributed by atoms with Gasteiger partial charge in [0.25, 0.3) is 5.91 Å². The Bertz CT molecular complexity index is 953. The molecule has 1 amide bonds. The normalized spacial score (nSPS) is 12.2. The molecule has 4 heteroatoms. The number of fused-ring (bicyclic) bond motifs is 3. The molecule has 1 aliphatic carbocycles. The Labute approximate surface area is 140 Å². The monoisotopic (exact) mass is 315 g/mol. The third-order valence-electron chi connectivity index (χ3n) is 4.32. The van der Waals surface area contributed by atoms with E-state index in [4.69, 9.17) is 0 Å². The molecule has 1 heterocycles. The zero-order chi connectivity index (χ0) is 16.5. The van der Waals surface area contributed by atoms with Crippen molar-refractivity contribution in [2.75, 3.05) is 5.32 Å². The number of rotatable bonds is 2. The molecule has 2 aromatic carbocycles. The summed E-state index contributed by atoms with van der Waals surface area (Å²) < 4.78 is 1.64. The molecule has 1 aromatic heterocycles. The van der Waals surface area contributed by atoms with Crippen LogP contribution in [0.15, 0.2) is 60.8 Å². The molecule has 0 aliphatic heterocycles. The van der Waals surface area contributed by atoms with E-state index in [9.17, 15) is 4.79 Å². The molecule has 4 nitrogen and oxygen atoms in total. The van der Waals surface area contributed by atoms with Crippen molar-refractivity contribution in [3.63, 3.8) is 0 Å². The van der Waals surface area contributed by atoms with Crippen LogP contribution in [0.1, 0.15) is 21.5 Å². The fourth-order valence-electron chi connectivity index (χ4n) is 3.05. The predicted molar refractivity (Wildman–Crippen MR) is 95.8 cm³/mol. The first-order valence-corrected chi connectivity index (χ1v) is 7.90. The number of nitrogens with zero attached hydrogens (tertiary/aromatic N) is 2. The van der Waals surface area contributed by atoms with Crippen LogP contribution < -0.4 is 5.32 Å². The van der Waals surface area contributed by atoms with Crippen molar-refractivity contribution in [2.45, 2.75) is 6.42 Å². The van der Waals surface area contributed by atoms with E-state index in [1.807, 2.05) is 30.3 Å². The molecule has 1 aliphatic rings. The second kappa shape index (κ2) is 5.81. The minimum absolute atomic E-state index is 0.122. The molecule has 1 N–H and O–H groups in total. The Kier molecular flexibility index (Phi) is 3.50. The molecule has 4 rings (SSSR count). The van der Waals surface area contributed by atoms with Gasteiger partial charge in [0.2, 0.25) is 0 Å². The fraction of sp³-hybridized carbons (Fsp3) is 0.100. The number of aromatic nitrogens is 2. The first kappa shape index (κ1) is 14.5. The summed E-state index contributed by atoms with van der Waals surface area (Å²) in [4.78, 5) is 12.5. The Morgan fingerprint density at radius 2 is 2.00 bits per heavy atom. The molecule has 24 heavy (non-hydrogen) atoms. The van der Waals surface area contributed by atoms with E-state index in [0.29, 0.717) is 11.4 Å². The number of aryl methyl sites for hydroxylation is 1. The van der Waals surface area contributed by atoms with Gasteiger partial charge in [0.05, 0.1) is 6.20 Å². The average Bonchev–Trinajstić information content (AvgIpc) is 2.91. The van der Waals surface area contributed by atoms with Crippen LogP contribution in [-0.2, 0) is 13.5 Å². The van der Waals surface area contributed by atoms with Crippen LogP contribution in [0.4, 0.5) is 5.82 Å². The van der Waals surface area contributed by atoms with Gasteiger partial charge in [-0.25, -0.2) is 0 Å². The summed E-state index contributed by atoms with van der Waals surface area (Å²) in [5.41, 5.74) is 5.42. The summed E-state index contributed by atoms with van der Waals surface area (Å²) in [6, 6.07) is 16.0. The van der Waals surface area contributed by atoms with Crippen LogP contribution in [0.25, 0.3) is 17.2 Å². The van der Waals surface area contributed by atoms with E-state index >= 15 is 0 Å². The molecule has 0 unspecified atom stereocenters. The number of amides is 1. The molecular formula is C20H17N3O. The summed E-state index contributed by atoms with van der Waals surface area (Å²) in [6.07, 6.45) is 6.77. The maximum Gasteiger partial charge on any atom is 0.256 e. The van der Waals surface area contributed by atoms with Crippen LogP contribution in [-0.4, -0.2) is 15.7 Å². The first-order valence-electron chi connectivity index (χ1n) is 7.90. The van der Waals surface area contributed by atoms with Crippen molar-refractivity contribution in [3.8, 4) is 11.1 Å². The molecule has 0 atom stereocenters. The molecule has 0 radical (unpaired) electrons. The number of carbonyl (C=O) groups excluding carboxylic acids is 1. The van der Waals surface area contributed by atoms with Crippen molar-refractivity contribution in [1.29, 1.82) is 0 Å². The summed E-state index contributed by atoms with van der Waals surface area (Å²) in [6.45, 7) is 0. The average molecular weight is 315 g/mol. The smallest absolute Gasteiger partial charge is 0.256 e. The Balaban J connectivity index is 1.70. The van der Waals surface area contributed by atoms with Gasteiger partial charge in [-0.1, -0.05) is 42.5 Å². The highest BCUT2D eigenvalue weighted by Crippen LogP contribution is 2.32.